The molecule has 4 nitrogen and oxygen atoms in total. The van der Waals surface area contributed by atoms with Crippen LogP contribution in [0.3, 0.4) is 0 Å². The molecule has 0 amide bonds. The summed E-state index contributed by atoms with van der Waals surface area (Å²) >= 11 is 5.81. The summed E-state index contributed by atoms with van der Waals surface area (Å²) in [5.41, 5.74) is 7.20. The molecule has 2 atom stereocenters. The first-order valence-corrected chi connectivity index (χ1v) is 10.2. The molecule has 5 heteroatoms. The number of pyridine rings is 1. The summed E-state index contributed by atoms with van der Waals surface area (Å²) in [7, 11) is 0. The predicted molar refractivity (Wildman–Crippen MR) is 119 cm³/mol. The Bertz CT molecular complexity index is 1010. The lowest BCUT2D eigenvalue weighted by Gasteiger charge is -2.28. The van der Waals surface area contributed by atoms with Gasteiger partial charge in [0.1, 0.15) is 0 Å². The fourth-order valence-corrected chi connectivity index (χ4v) is 4.69. The maximum atomic E-state index is 5.81. The first kappa shape index (κ1) is 18.7. The topological polar surface area (TPSA) is 33.1 Å². The van der Waals surface area contributed by atoms with Crippen molar-refractivity contribution in [2.45, 2.75) is 46.3 Å². The van der Waals surface area contributed by atoms with Crippen molar-refractivity contribution < 1.29 is 0 Å². The van der Waals surface area contributed by atoms with Gasteiger partial charge >= 0.3 is 0 Å². The van der Waals surface area contributed by atoms with Gasteiger partial charge in [-0.05, 0) is 81.4 Å². The van der Waals surface area contributed by atoms with Gasteiger partial charge in [-0.1, -0.05) is 18.2 Å². The van der Waals surface area contributed by atoms with E-state index < -0.39 is 0 Å². The Hall–Kier alpha value is -2.66. The Kier molecular flexibility index (Phi) is 4.94. The Balaban J connectivity index is 1.89. The number of nitrogens with one attached hydrogen (secondary N) is 1. The summed E-state index contributed by atoms with van der Waals surface area (Å²) < 4.78 is 2.36. The van der Waals surface area contributed by atoms with Crippen molar-refractivity contribution in [1.82, 2.24) is 14.9 Å². The monoisotopic (exact) mass is 390 g/mol. The highest BCUT2D eigenvalue weighted by Gasteiger charge is 2.42. The average molecular weight is 391 g/mol. The zero-order valence-corrected chi connectivity index (χ0v) is 17.6. The van der Waals surface area contributed by atoms with Crippen LogP contribution in [0.25, 0.3) is 0 Å². The normalized spacial score (nSPS) is 19.1. The van der Waals surface area contributed by atoms with Gasteiger partial charge in [0.15, 0.2) is 5.11 Å². The van der Waals surface area contributed by atoms with E-state index in [9.17, 15) is 0 Å². The molecule has 0 bridgehead atoms. The number of benzene rings is 1. The number of hydrogen-bond donors (Lipinski definition) is 1. The third-order valence-electron chi connectivity index (χ3n) is 5.63. The molecule has 1 aliphatic rings. The third kappa shape index (κ3) is 3.10. The van der Waals surface area contributed by atoms with Gasteiger partial charge in [0, 0.05) is 29.8 Å². The lowest BCUT2D eigenvalue weighted by Crippen LogP contribution is -2.29. The average Bonchev–Trinajstić information content (AvgIpc) is 3.18. The van der Waals surface area contributed by atoms with Gasteiger partial charge in [0.05, 0.1) is 17.8 Å². The summed E-state index contributed by atoms with van der Waals surface area (Å²) in [6, 6.07) is 17.0. The zero-order chi connectivity index (χ0) is 19.8. The second kappa shape index (κ2) is 7.40. The zero-order valence-electron chi connectivity index (χ0n) is 16.8. The Morgan fingerprint density at radius 1 is 1.07 bits per heavy atom. The van der Waals surface area contributed by atoms with Gasteiger partial charge in [0.25, 0.3) is 0 Å². The maximum Gasteiger partial charge on any atom is 0.174 e. The fourth-order valence-electron chi connectivity index (χ4n) is 4.34. The molecular weight excluding hydrogens is 364 g/mol. The number of nitrogens with zero attached hydrogens (tertiary/aromatic N) is 3. The highest BCUT2D eigenvalue weighted by molar-refractivity contribution is 7.80. The molecule has 28 heavy (non-hydrogen) atoms. The quantitative estimate of drug-likeness (QED) is 0.635. The van der Waals surface area contributed by atoms with E-state index in [1.807, 2.05) is 18.3 Å². The number of thiocarbonyl (C=S) groups is 1. The van der Waals surface area contributed by atoms with E-state index >= 15 is 0 Å². The molecule has 3 heterocycles. The Morgan fingerprint density at radius 3 is 2.54 bits per heavy atom. The van der Waals surface area contributed by atoms with Gasteiger partial charge in [-0.25, -0.2) is 0 Å². The molecule has 1 aromatic carbocycles. The summed E-state index contributed by atoms with van der Waals surface area (Å²) in [5.74, 6) is 0. The minimum atomic E-state index is 0.0000170. The highest BCUT2D eigenvalue weighted by Crippen LogP contribution is 2.43. The van der Waals surface area contributed by atoms with E-state index in [1.165, 1.54) is 22.5 Å². The highest BCUT2D eigenvalue weighted by atomic mass is 32.1. The van der Waals surface area contributed by atoms with Crippen molar-refractivity contribution in [1.29, 1.82) is 0 Å². The smallest absolute Gasteiger partial charge is 0.174 e. The van der Waals surface area contributed by atoms with Crippen LogP contribution in [0.1, 0.15) is 47.2 Å². The van der Waals surface area contributed by atoms with Gasteiger partial charge in [-0.2, -0.15) is 0 Å². The van der Waals surface area contributed by atoms with Gasteiger partial charge in [-0.15, -0.1) is 0 Å². The molecule has 144 valence electrons. The molecule has 1 N–H and O–H groups in total. The number of aryl methyl sites for hydroxylation is 2. The molecule has 1 fully saturated rings. The molecule has 0 aliphatic carbocycles. The van der Waals surface area contributed by atoms with Crippen molar-refractivity contribution in [2.75, 3.05) is 4.90 Å². The summed E-state index contributed by atoms with van der Waals surface area (Å²) in [6.07, 6.45) is 1.85. The lowest BCUT2D eigenvalue weighted by atomic mass is 9.96. The van der Waals surface area contributed by atoms with Crippen LogP contribution in [0.5, 0.6) is 0 Å². The maximum absolute atomic E-state index is 5.81. The van der Waals surface area contributed by atoms with Crippen molar-refractivity contribution in [3.05, 3.63) is 82.9 Å². The van der Waals surface area contributed by atoms with E-state index in [4.69, 9.17) is 12.2 Å². The van der Waals surface area contributed by atoms with Crippen LogP contribution in [0.15, 0.2) is 54.7 Å². The van der Waals surface area contributed by atoms with E-state index in [1.54, 1.807) is 0 Å². The van der Waals surface area contributed by atoms with Crippen LogP contribution >= 0.6 is 12.2 Å². The van der Waals surface area contributed by atoms with Crippen LogP contribution < -0.4 is 10.2 Å². The number of aromatic nitrogens is 2. The van der Waals surface area contributed by atoms with Gasteiger partial charge in [0.2, 0.25) is 0 Å². The summed E-state index contributed by atoms with van der Waals surface area (Å²) in [5, 5.41) is 4.29. The molecular formula is C23H26N4S. The largest absolute Gasteiger partial charge is 0.351 e. The first-order chi connectivity index (χ1) is 13.5. The van der Waals surface area contributed by atoms with E-state index in [0.29, 0.717) is 0 Å². The van der Waals surface area contributed by atoms with Crippen LogP contribution in [-0.2, 0) is 6.54 Å². The second-order valence-electron chi connectivity index (χ2n) is 7.41. The van der Waals surface area contributed by atoms with Crippen molar-refractivity contribution in [2.24, 2.45) is 0 Å². The van der Waals surface area contributed by atoms with Crippen LogP contribution in [0.4, 0.5) is 5.69 Å². The molecule has 3 aromatic rings. The SMILES string of the molecule is CCn1c(C)cc(C2C(c3ccccn3)NC(=S)N2c2cccc(C)c2)c1C. The molecule has 4 rings (SSSR count). The van der Waals surface area contributed by atoms with Crippen LogP contribution in [0, 0.1) is 20.8 Å². The van der Waals surface area contributed by atoms with E-state index in [0.717, 1.165) is 23.0 Å². The number of hydrogen-bond acceptors (Lipinski definition) is 2. The summed E-state index contributed by atoms with van der Waals surface area (Å²) in [4.78, 5) is 6.89. The van der Waals surface area contributed by atoms with Crippen LogP contribution in [-0.4, -0.2) is 14.7 Å². The minimum absolute atomic E-state index is 0.0000170. The molecule has 2 aromatic heterocycles. The van der Waals surface area contributed by atoms with Gasteiger partial charge in [-0.3, -0.25) is 4.98 Å². The number of rotatable bonds is 4. The summed E-state index contributed by atoms with van der Waals surface area (Å²) in [6.45, 7) is 9.64. The van der Waals surface area contributed by atoms with Crippen molar-refractivity contribution >= 4 is 23.0 Å². The van der Waals surface area contributed by atoms with E-state index in [2.05, 4.69) is 83.9 Å². The standard InChI is InChI=1S/C23H26N4S/c1-5-26-16(3)14-19(17(26)4)22-21(20-11-6-7-12-24-20)25-23(28)27(22)18-10-8-9-15(2)13-18/h6-14,21-22H,5H2,1-4H3,(H,25,28). The Labute approximate surface area is 172 Å². The van der Waals surface area contributed by atoms with Gasteiger partial charge < -0.3 is 14.8 Å². The van der Waals surface area contributed by atoms with Crippen molar-refractivity contribution in [3.8, 4) is 0 Å². The van der Waals surface area contributed by atoms with Crippen LogP contribution in [0.2, 0.25) is 0 Å². The fraction of sp³-hybridized carbons (Fsp3) is 0.304. The lowest BCUT2D eigenvalue weighted by molar-refractivity contribution is 0.563. The molecule has 1 aliphatic heterocycles. The molecule has 1 saturated heterocycles. The third-order valence-corrected chi connectivity index (χ3v) is 5.94. The van der Waals surface area contributed by atoms with E-state index in [-0.39, 0.29) is 12.1 Å². The predicted octanol–water partition coefficient (Wildman–Crippen LogP) is 5.01. The molecule has 0 spiro atoms. The molecule has 0 saturated carbocycles. The minimum Gasteiger partial charge on any atom is -0.351 e. The molecule has 0 radical (unpaired) electrons. The first-order valence-electron chi connectivity index (χ1n) is 9.75. The molecule has 2 unspecified atom stereocenters. The Morgan fingerprint density at radius 2 is 1.89 bits per heavy atom. The second-order valence-corrected chi connectivity index (χ2v) is 7.79. The number of anilines is 1. The van der Waals surface area contributed by atoms with Crippen molar-refractivity contribution in [3.63, 3.8) is 0 Å².